The van der Waals surface area contributed by atoms with E-state index in [1.54, 1.807) is 23.1 Å². The summed E-state index contributed by atoms with van der Waals surface area (Å²) in [5.74, 6) is 0.227. The lowest BCUT2D eigenvalue weighted by Crippen LogP contribution is -2.40. The first-order chi connectivity index (χ1) is 14.0. The van der Waals surface area contributed by atoms with Gasteiger partial charge in [-0.1, -0.05) is 46.7 Å². The van der Waals surface area contributed by atoms with E-state index < -0.39 is 0 Å². The molecule has 8 heteroatoms. The normalized spacial score (nSPS) is 16.3. The van der Waals surface area contributed by atoms with Crippen LogP contribution in [0.2, 0.25) is 10.0 Å². The van der Waals surface area contributed by atoms with E-state index in [1.807, 2.05) is 25.1 Å². The summed E-state index contributed by atoms with van der Waals surface area (Å²) in [6.07, 6.45) is 1.94. The summed E-state index contributed by atoms with van der Waals surface area (Å²) in [6.45, 7) is 3.05. The predicted octanol–water partition coefficient (Wildman–Crippen LogP) is 5.50. The minimum Gasteiger partial charge on any atom is -0.482 e. The fraction of sp³-hybridized carbons (Fsp3) is 0.333. The van der Waals surface area contributed by atoms with Crippen LogP contribution >= 0.6 is 34.5 Å². The molecule has 1 amide bonds. The van der Waals surface area contributed by atoms with Gasteiger partial charge in [-0.15, -0.1) is 0 Å². The number of anilines is 1. The van der Waals surface area contributed by atoms with E-state index in [0.29, 0.717) is 27.5 Å². The van der Waals surface area contributed by atoms with Crippen LogP contribution in [-0.2, 0) is 9.53 Å². The average molecular weight is 451 g/mol. The maximum absolute atomic E-state index is 13.1. The van der Waals surface area contributed by atoms with Gasteiger partial charge in [0.2, 0.25) is 0 Å². The van der Waals surface area contributed by atoms with Crippen molar-refractivity contribution in [1.82, 2.24) is 4.98 Å². The molecule has 2 aromatic carbocycles. The molecule has 4 rings (SSSR count). The van der Waals surface area contributed by atoms with E-state index >= 15 is 0 Å². The third-order valence-electron chi connectivity index (χ3n) is 4.80. The van der Waals surface area contributed by atoms with Crippen LogP contribution in [0.25, 0.3) is 10.2 Å². The quantitative estimate of drug-likeness (QED) is 0.497. The Morgan fingerprint density at radius 2 is 2.21 bits per heavy atom. The van der Waals surface area contributed by atoms with Gasteiger partial charge in [0.1, 0.15) is 5.75 Å². The van der Waals surface area contributed by atoms with Gasteiger partial charge in [0, 0.05) is 11.6 Å². The molecule has 1 saturated heterocycles. The van der Waals surface area contributed by atoms with Crippen molar-refractivity contribution in [1.29, 1.82) is 0 Å². The molecule has 29 heavy (non-hydrogen) atoms. The number of aromatic nitrogens is 1. The molecule has 1 unspecified atom stereocenters. The fourth-order valence-corrected chi connectivity index (χ4v) is 4.81. The zero-order valence-corrected chi connectivity index (χ0v) is 18.2. The number of hydrogen-bond donors (Lipinski definition) is 0. The number of carbonyl (C=O) groups is 1. The second-order valence-corrected chi connectivity index (χ2v) is 8.77. The standard InChI is InChI=1S/C21H20Cl2N2O3S/c1-13-4-2-6-18-20(13)24-21(29-18)25(11-15-5-3-9-27-15)19(26)12-28-17-8-7-14(22)10-16(17)23/h2,4,6-8,10,15H,3,5,9,11-12H2,1H3. The van der Waals surface area contributed by atoms with Crippen molar-refractivity contribution in [3.63, 3.8) is 0 Å². The van der Waals surface area contributed by atoms with Crippen LogP contribution in [0.1, 0.15) is 18.4 Å². The first-order valence-electron chi connectivity index (χ1n) is 9.37. The second kappa shape index (κ2) is 8.88. The number of thiazole rings is 1. The van der Waals surface area contributed by atoms with E-state index in [2.05, 4.69) is 0 Å². The highest BCUT2D eigenvalue weighted by Crippen LogP contribution is 2.32. The molecule has 0 N–H and O–H groups in total. The molecule has 3 aromatic rings. The Bertz CT molecular complexity index is 1030. The monoisotopic (exact) mass is 450 g/mol. The van der Waals surface area contributed by atoms with Gasteiger partial charge in [-0.3, -0.25) is 9.69 Å². The fourth-order valence-electron chi connectivity index (χ4n) is 3.28. The molecule has 5 nitrogen and oxygen atoms in total. The molecule has 1 aliphatic rings. The number of rotatable bonds is 6. The van der Waals surface area contributed by atoms with Crippen LogP contribution in [0.3, 0.4) is 0 Å². The van der Waals surface area contributed by atoms with E-state index in [9.17, 15) is 4.79 Å². The molecule has 0 spiro atoms. The lowest BCUT2D eigenvalue weighted by molar-refractivity contribution is -0.120. The van der Waals surface area contributed by atoms with Crippen molar-refractivity contribution in [2.75, 3.05) is 24.7 Å². The number of nitrogens with zero attached hydrogens (tertiary/aromatic N) is 2. The van der Waals surface area contributed by atoms with Gasteiger partial charge in [0.05, 0.1) is 27.9 Å². The maximum Gasteiger partial charge on any atom is 0.266 e. The molecule has 1 aliphatic heterocycles. The highest BCUT2D eigenvalue weighted by atomic mass is 35.5. The Labute approximate surface area is 183 Å². The molecule has 1 fully saturated rings. The first kappa shape index (κ1) is 20.4. The zero-order valence-electron chi connectivity index (χ0n) is 15.9. The molecule has 0 bridgehead atoms. The summed E-state index contributed by atoms with van der Waals surface area (Å²) < 4.78 is 12.5. The number of ether oxygens (including phenoxy) is 2. The number of para-hydroxylation sites is 1. The number of fused-ring (bicyclic) bond motifs is 1. The van der Waals surface area contributed by atoms with Crippen molar-refractivity contribution in [3.05, 3.63) is 52.0 Å². The van der Waals surface area contributed by atoms with Crippen LogP contribution in [0, 0.1) is 6.92 Å². The third kappa shape index (κ3) is 4.67. The first-order valence-corrected chi connectivity index (χ1v) is 10.9. The van der Waals surface area contributed by atoms with Gasteiger partial charge in [-0.2, -0.15) is 0 Å². The van der Waals surface area contributed by atoms with E-state index in [1.165, 1.54) is 11.3 Å². The average Bonchev–Trinajstić information content (AvgIpc) is 3.35. The summed E-state index contributed by atoms with van der Waals surface area (Å²) >= 11 is 13.6. The number of benzene rings is 2. The zero-order chi connectivity index (χ0) is 20.4. The van der Waals surface area contributed by atoms with Crippen molar-refractivity contribution in [2.45, 2.75) is 25.9 Å². The largest absolute Gasteiger partial charge is 0.482 e. The number of amides is 1. The number of halogens is 2. The Morgan fingerprint density at radius 1 is 1.34 bits per heavy atom. The van der Waals surface area contributed by atoms with E-state index in [4.69, 9.17) is 37.7 Å². The van der Waals surface area contributed by atoms with Gasteiger partial charge >= 0.3 is 0 Å². The lowest BCUT2D eigenvalue weighted by atomic mass is 10.2. The van der Waals surface area contributed by atoms with Crippen LogP contribution in [0.15, 0.2) is 36.4 Å². The minimum absolute atomic E-state index is 0.00572. The summed E-state index contributed by atoms with van der Waals surface area (Å²) in [4.78, 5) is 19.5. The summed E-state index contributed by atoms with van der Waals surface area (Å²) in [7, 11) is 0. The molecule has 0 aliphatic carbocycles. The number of carbonyl (C=O) groups excluding carboxylic acids is 1. The molecular weight excluding hydrogens is 431 g/mol. The van der Waals surface area contributed by atoms with Crippen LogP contribution in [-0.4, -0.2) is 36.8 Å². The summed E-state index contributed by atoms with van der Waals surface area (Å²) in [5, 5.41) is 1.53. The smallest absolute Gasteiger partial charge is 0.266 e. The molecular formula is C21H20Cl2N2O3S. The molecule has 0 radical (unpaired) electrons. The maximum atomic E-state index is 13.1. The molecule has 0 saturated carbocycles. The molecule has 152 valence electrons. The molecule has 2 heterocycles. The Morgan fingerprint density at radius 3 is 2.93 bits per heavy atom. The summed E-state index contributed by atoms with van der Waals surface area (Å²) in [6, 6.07) is 10.9. The SMILES string of the molecule is Cc1cccc2sc(N(CC3CCCO3)C(=O)COc3ccc(Cl)cc3Cl)nc12. The molecule has 1 atom stereocenters. The van der Waals surface area contributed by atoms with Crippen molar-refractivity contribution >= 4 is 55.8 Å². The Hall–Kier alpha value is -1.86. The van der Waals surface area contributed by atoms with Crippen molar-refractivity contribution in [2.24, 2.45) is 0 Å². The van der Waals surface area contributed by atoms with Gasteiger partial charge in [0.25, 0.3) is 5.91 Å². The highest BCUT2D eigenvalue weighted by molar-refractivity contribution is 7.22. The van der Waals surface area contributed by atoms with Crippen LogP contribution < -0.4 is 9.64 Å². The van der Waals surface area contributed by atoms with Crippen molar-refractivity contribution in [3.8, 4) is 5.75 Å². The highest BCUT2D eigenvalue weighted by Gasteiger charge is 2.27. The van der Waals surface area contributed by atoms with Crippen LogP contribution in [0.5, 0.6) is 5.75 Å². The van der Waals surface area contributed by atoms with Gasteiger partial charge in [-0.05, 0) is 49.6 Å². The van der Waals surface area contributed by atoms with E-state index in [-0.39, 0.29) is 18.6 Å². The van der Waals surface area contributed by atoms with Crippen molar-refractivity contribution < 1.29 is 14.3 Å². The van der Waals surface area contributed by atoms with Gasteiger partial charge in [-0.25, -0.2) is 4.98 Å². The van der Waals surface area contributed by atoms with Gasteiger partial charge < -0.3 is 9.47 Å². The Kier molecular flexibility index (Phi) is 6.25. The van der Waals surface area contributed by atoms with Crippen LogP contribution in [0.4, 0.5) is 5.13 Å². The van der Waals surface area contributed by atoms with Gasteiger partial charge in [0.15, 0.2) is 11.7 Å². The number of aryl methyl sites for hydroxylation is 1. The Balaban J connectivity index is 1.56. The lowest BCUT2D eigenvalue weighted by Gasteiger charge is -2.23. The number of hydrogen-bond acceptors (Lipinski definition) is 5. The second-order valence-electron chi connectivity index (χ2n) is 6.92. The third-order valence-corrected chi connectivity index (χ3v) is 6.37. The van der Waals surface area contributed by atoms with E-state index in [0.717, 1.165) is 35.2 Å². The predicted molar refractivity (Wildman–Crippen MR) is 118 cm³/mol. The topological polar surface area (TPSA) is 51.7 Å². The summed E-state index contributed by atoms with van der Waals surface area (Å²) in [5.41, 5.74) is 2.00. The molecule has 1 aromatic heterocycles. The minimum atomic E-state index is -0.191.